The van der Waals surface area contributed by atoms with Gasteiger partial charge in [-0.3, -0.25) is 4.57 Å². The number of imidazole rings is 1. The van der Waals surface area contributed by atoms with Gasteiger partial charge < -0.3 is 5.11 Å². The molecule has 0 spiro atoms. The highest BCUT2D eigenvalue weighted by Gasteiger charge is 2.00. The highest BCUT2D eigenvalue weighted by atomic mass is 32.1. The van der Waals surface area contributed by atoms with E-state index in [0.29, 0.717) is 5.69 Å². The first-order chi connectivity index (χ1) is 5.90. The minimum Gasteiger partial charge on any atom is -0.390 e. The molecule has 2 aromatic rings. The van der Waals surface area contributed by atoms with E-state index in [1.807, 2.05) is 5.38 Å². The standard InChI is InChI=1S/C7H7N3OS/c11-4-6-3-10(5-9-6)7-8-1-2-12-7/h1-3,5,11H,4H2. The monoisotopic (exact) mass is 181 g/mol. The Hall–Kier alpha value is -1.20. The third kappa shape index (κ3) is 1.24. The summed E-state index contributed by atoms with van der Waals surface area (Å²) in [5.41, 5.74) is 0.658. The summed E-state index contributed by atoms with van der Waals surface area (Å²) < 4.78 is 1.79. The number of thiazole rings is 1. The lowest BCUT2D eigenvalue weighted by molar-refractivity contribution is 0.277. The van der Waals surface area contributed by atoms with Gasteiger partial charge in [-0.2, -0.15) is 0 Å². The Kier molecular flexibility index (Phi) is 1.89. The molecule has 0 bridgehead atoms. The van der Waals surface area contributed by atoms with Gasteiger partial charge >= 0.3 is 0 Å². The summed E-state index contributed by atoms with van der Waals surface area (Å²) in [4.78, 5) is 8.06. The molecule has 12 heavy (non-hydrogen) atoms. The fourth-order valence-electron chi connectivity index (χ4n) is 0.893. The SMILES string of the molecule is OCc1cn(-c2nccs2)cn1. The van der Waals surface area contributed by atoms with Crippen LogP contribution < -0.4 is 0 Å². The third-order valence-electron chi connectivity index (χ3n) is 1.44. The number of aliphatic hydroxyl groups is 1. The Labute approximate surface area is 73.1 Å². The minimum absolute atomic E-state index is 0.0294. The molecule has 0 aliphatic rings. The molecule has 0 atom stereocenters. The number of aliphatic hydroxyl groups excluding tert-OH is 1. The van der Waals surface area contributed by atoms with Crippen LogP contribution >= 0.6 is 11.3 Å². The van der Waals surface area contributed by atoms with Crippen LogP contribution in [0, 0.1) is 0 Å². The second-order valence-corrected chi connectivity index (χ2v) is 3.12. The predicted octanol–water partition coefficient (Wildman–Crippen LogP) is 0.821. The molecule has 2 rings (SSSR count). The zero-order valence-electron chi connectivity index (χ0n) is 6.21. The fraction of sp³-hybridized carbons (Fsp3) is 0.143. The quantitative estimate of drug-likeness (QED) is 0.746. The van der Waals surface area contributed by atoms with Crippen molar-refractivity contribution in [3.05, 3.63) is 29.8 Å². The van der Waals surface area contributed by atoms with Gasteiger partial charge in [-0.05, 0) is 0 Å². The third-order valence-corrected chi connectivity index (χ3v) is 2.22. The van der Waals surface area contributed by atoms with Crippen molar-refractivity contribution in [1.82, 2.24) is 14.5 Å². The highest BCUT2D eigenvalue weighted by molar-refractivity contribution is 7.12. The van der Waals surface area contributed by atoms with Crippen molar-refractivity contribution >= 4 is 11.3 Å². The van der Waals surface area contributed by atoms with Crippen molar-refractivity contribution < 1.29 is 5.11 Å². The molecular formula is C7H7N3OS. The van der Waals surface area contributed by atoms with Crippen molar-refractivity contribution in [1.29, 1.82) is 0 Å². The van der Waals surface area contributed by atoms with Crippen LogP contribution in [0.3, 0.4) is 0 Å². The molecule has 0 aromatic carbocycles. The number of hydrogen-bond acceptors (Lipinski definition) is 4. The van der Waals surface area contributed by atoms with E-state index in [-0.39, 0.29) is 6.61 Å². The van der Waals surface area contributed by atoms with Gasteiger partial charge in [-0.15, -0.1) is 11.3 Å². The van der Waals surface area contributed by atoms with Crippen molar-refractivity contribution in [2.45, 2.75) is 6.61 Å². The van der Waals surface area contributed by atoms with Crippen LogP contribution in [0.5, 0.6) is 0 Å². The average molecular weight is 181 g/mol. The molecule has 2 heterocycles. The van der Waals surface area contributed by atoms with E-state index in [1.165, 1.54) is 11.3 Å². The molecule has 0 aliphatic carbocycles. The Morgan fingerprint density at radius 1 is 1.50 bits per heavy atom. The Morgan fingerprint density at radius 3 is 3.00 bits per heavy atom. The van der Waals surface area contributed by atoms with Gasteiger partial charge in [0.25, 0.3) is 0 Å². The predicted molar refractivity (Wildman–Crippen MR) is 45.2 cm³/mol. The van der Waals surface area contributed by atoms with E-state index in [2.05, 4.69) is 9.97 Å². The van der Waals surface area contributed by atoms with E-state index in [9.17, 15) is 0 Å². The van der Waals surface area contributed by atoms with Crippen LogP contribution in [0.25, 0.3) is 5.13 Å². The summed E-state index contributed by atoms with van der Waals surface area (Å²) in [5.74, 6) is 0. The summed E-state index contributed by atoms with van der Waals surface area (Å²) >= 11 is 1.53. The van der Waals surface area contributed by atoms with E-state index in [0.717, 1.165) is 5.13 Å². The van der Waals surface area contributed by atoms with Crippen LogP contribution in [0.2, 0.25) is 0 Å². The Morgan fingerprint density at radius 2 is 2.42 bits per heavy atom. The number of hydrogen-bond donors (Lipinski definition) is 1. The number of rotatable bonds is 2. The molecule has 0 radical (unpaired) electrons. The molecule has 5 heteroatoms. The van der Waals surface area contributed by atoms with Crippen LogP contribution in [-0.4, -0.2) is 19.6 Å². The summed E-state index contributed by atoms with van der Waals surface area (Å²) in [6, 6.07) is 0. The summed E-state index contributed by atoms with van der Waals surface area (Å²) in [6.07, 6.45) is 5.14. The smallest absolute Gasteiger partial charge is 0.194 e. The molecule has 0 amide bonds. The maximum absolute atomic E-state index is 8.76. The highest BCUT2D eigenvalue weighted by Crippen LogP contribution is 2.10. The summed E-state index contributed by atoms with van der Waals surface area (Å²) in [5, 5.41) is 11.5. The van der Waals surface area contributed by atoms with Gasteiger partial charge in [0.15, 0.2) is 5.13 Å². The largest absolute Gasteiger partial charge is 0.390 e. The van der Waals surface area contributed by atoms with Crippen LogP contribution in [0.4, 0.5) is 0 Å². The second kappa shape index (κ2) is 3.04. The minimum atomic E-state index is -0.0294. The van der Waals surface area contributed by atoms with Gasteiger partial charge in [0.2, 0.25) is 0 Å². The molecule has 0 aliphatic heterocycles. The summed E-state index contributed by atoms with van der Waals surface area (Å²) in [7, 11) is 0. The number of aromatic nitrogens is 3. The lowest BCUT2D eigenvalue weighted by atomic mass is 10.5. The molecule has 2 aromatic heterocycles. The number of nitrogens with zero attached hydrogens (tertiary/aromatic N) is 3. The zero-order valence-corrected chi connectivity index (χ0v) is 7.03. The van der Waals surface area contributed by atoms with Crippen molar-refractivity contribution in [2.24, 2.45) is 0 Å². The summed E-state index contributed by atoms with van der Waals surface area (Å²) in [6.45, 7) is -0.0294. The van der Waals surface area contributed by atoms with Crippen LogP contribution in [0.15, 0.2) is 24.1 Å². The van der Waals surface area contributed by atoms with Gasteiger partial charge in [-0.25, -0.2) is 9.97 Å². The van der Waals surface area contributed by atoms with Gasteiger partial charge in [0, 0.05) is 17.8 Å². The van der Waals surface area contributed by atoms with Crippen molar-refractivity contribution in [2.75, 3.05) is 0 Å². The van der Waals surface area contributed by atoms with E-state index in [4.69, 9.17) is 5.11 Å². The average Bonchev–Trinajstić information content (AvgIpc) is 2.75. The van der Waals surface area contributed by atoms with Gasteiger partial charge in [0.05, 0.1) is 12.3 Å². The van der Waals surface area contributed by atoms with E-state index >= 15 is 0 Å². The Balaban J connectivity index is 2.35. The fourth-order valence-corrected chi connectivity index (χ4v) is 1.48. The maximum atomic E-state index is 8.76. The van der Waals surface area contributed by atoms with Gasteiger partial charge in [0.1, 0.15) is 6.33 Å². The second-order valence-electron chi connectivity index (χ2n) is 2.25. The lowest BCUT2D eigenvalue weighted by Crippen LogP contribution is -1.87. The Bertz CT molecular complexity index is 354. The van der Waals surface area contributed by atoms with Crippen molar-refractivity contribution in [3.63, 3.8) is 0 Å². The molecule has 62 valence electrons. The molecule has 0 unspecified atom stereocenters. The first-order valence-electron chi connectivity index (χ1n) is 3.44. The molecule has 0 saturated carbocycles. The van der Waals surface area contributed by atoms with Gasteiger partial charge in [-0.1, -0.05) is 0 Å². The first kappa shape index (κ1) is 7.45. The molecule has 4 nitrogen and oxygen atoms in total. The molecule has 0 saturated heterocycles. The topological polar surface area (TPSA) is 50.9 Å². The van der Waals surface area contributed by atoms with Crippen molar-refractivity contribution in [3.8, 4) is 5.13 Å². The molecule has 0 fully saturated rings. The zero-order chi connectivity index (χ0) is 8.39. The van der Waals surface area contributed by atoms with E-state index < -0.39 is 0 Å². The molecular weight excluding hydrogens is 174 g/mol. The lowest BCUT2D eigenvalue weighted by Gasteiger charge is -1.91. The normalized spacial score (nSPS) is 10.4. The maximum Gasteiger partial charge on any atom is 0.194 e. The van der Waals surface area contributed by atoms with Crippen LogP contribution in [-0.2, 0) is 6.61 Å². The molecule has 1 N–H and O–H groups in total. The van der Waals surface area contributed by atoms with E-state index in [1.54, 1.807) is 23.3 Å². The van der Waals surface area contributed by atoms with Crippen LogP contribution in [0.1, 0.15) is 5.69 Å². The first-order valence-corrected chi connectivity index (χ1v) is 4.31.